The third-order valence-corrected chi connectivity index (χ3v) is 7.98. The van der Waals surface area contributed by atoms with E-state index < -0.39 is 72.4 Å². The molecule has 3 rings (SSSR count). The van der Waals surface area contributed by atoms with Crippen LogP contribution in [0.15, 0.2) is 11.8 Å². The third-order valence-electron chi connectivity index (χ3n) is 7.98. The summed E-state index contributed by atoms with van der Waals surface area (Å²) in [4.78, 5) is 12.7. The van der Waals surface area contributed by atoms with Gasteiger partial charge < -0.3 is 67.8 Å². The summed E-state index contributed by atoms with van der Waals surface area (Å²) < 4.78 is 18.0. The zero-order valence-corrected chi connectivity index (χ0v) is 23.8. The molecule has 1 unspecified atom stereocenters. The zero-order chi connectivity index (χ0) is 30.3. The van der Waals surface area contributed by atoms with E-state index in [-0.39, 0.29) is 32.7 Å². The molecular formula is C25H49N7O9. The van der Waals surface area contributed by atoms with Crippen molar-refractivity contribution in [1.29, 1.82) is 0 Å². The molecule has 3 aliphatic rings. The highest BCUT2D eigenvalue weighted by molar-refractivity contribution is 5.73. The maximum Gasteiger partial charge on any atom is 0.341 e. The van der Waals surface area contributed by atoms with Gasteiger partial charge in [-0.1, -0.05) is 0 Å². The summed E-state index contributed by atoms with van der Waals surface area (Å²) in [6.07, 6.45) is -2.76. The molecule has 16 heteroatoms. The molecule has 1 saturated carbocycles. The van der Waals surface area contributed by atoms with Crippen molar-refractivity contribution in [3.05, 3.63) is 11.8 Å². The van der Waals surface area contributed by atoms with Gasteiger partial charge in [-0.25, -0.2) is 9.86 Å². The molecule has 0 aromatic heterocycles. The van der Waals surface area contributed by atoms with Crippen LogP contribution in [0.3, 0.4) is 0 Å². The van der Waals surface area contributed by atoms with Gasteiger partial charge in [0.1, 0.15) is 29.7 Å². The summed E-state index contributed by atoms with van der Waals surface area (Å²) in [5, 5.41) is 61.5. The second-order valence-electron chi connectivity index (χ2n) is 11.2. The summed E-state index contributed by atoms with van der Waals surface area (Å²) in [6, 6.07) is -3.77. The number of likely N-dealkylation sites (N-methyl/N-ethyl adjacent to an activating group) is 1. The van der Waals surface area contributed by atoms with Gasteiger partial charge in [-0.05, 0) is 45.9 Å². The lowest BCUT2D eigenvalue weighted by Crippen LogP contribution is -2.69. The fourth-order valence-electron chi connectivity index (χ4n) is 5.83. The summed E-state index contributed by atoms with van der Waals surface area (Å²) in [6.45, 7) is 2.30. The van der Waals surface area contributed by atoms with Crippen molar-refractivity contribution in [3.8, 4) is 0 Å². The Morgan fingerprint density at radius 2 is 2.00 bits per heavy atom. The van der Waals surface area contributed by atoms with E-state index in [1.807, 2.05) is 6.08 Å². The minimum absolute atomic E-state index is 0.0216. The average Bonchev–Trinajstić information content (AvgIpc) is 2.91. The maximum absolute atomic E-state index is 12.7. The molecule has 41 heavy (non-hydrogen) atoms. The fourth-order valence-corrected chi connectivity index (χ4v) is 5.83. The number of carbonyl (C=O) groups excluding carboxylic acids is 1. The van der Waals surface area contributed by atoms with Crippen LogP contribution in [0.25, 0.3) is 0 Å². The molecule has 14 N–H and O–H groups in total. The van der Waals surface area contributed by atoms with Gasteiger partial charge in [-0.2, -0.15) is 0 Å². The number of hydrogen-bond donors (Lipinski definition) is 11. The predicted molar refractivity (Wildman–Crippen MR) is 146 cm³/mol. The van der Waals surface area contributed by atoms with Gasteiger partial charge in [0.25, 0.3) is 0 Å². The van der Waals surface area contributed by atoms with Gasteiger partial charge >= 0.3 is 6.03 Å². The second kappa shape index (κ2) is 15.2. The first-order valence-corrected chi connectivity index (χ1v) is 14.1. The van der Waals surface area contributed by atoms with Crippen LogP contribution in [-0.2, 0) is 14.2 Å². The third kappa shape index (κ3) is 8.25. The van der Waals surface area contributed by atoms with Crippen molar-refractivity contribution in [2.75, 3.05) is 46.4 Å². The van der Waals surface area contributed by atoms with Crippen LogP contribution in [0, 0.1) is 5.92 Å². The monoisotopic (exact) mass is 591 g/mol. The van der Waals surface area contributed by atoms with E-state index in [9.17, 15) is 25.3 Å². The Balaban J connectivity index is 1.83. The van der Waals surface area contributed by atoms with Crippen molar-refractivity contribution in [2.24, 2.45) is 23.1 Å². The summed E-state index contributed by atoms with van der Waals surface area (Å²) in [5.41, 5.74) is 17.0. The number of nitrogens with one attached hydrogen (secondary N) is 3. The molecular weight excluding hydrogens is 542 g/mol. The summed E-state index contributed by atoms with van der Waals surface area (Å²) in [7, 11) is 1.58. The molecule has 0 aromatic carbocycles. The van der Waals surface area contributed by atoms with E-state index in [1.165, 1.54) is 6.92 Å². The first kappa shape index (κ1) is 33.8. The number of aliphatic hydroxyl groups excluding tert-OH is 3. The van der Waals surface area contributed by atoms with Gasteiger partial charge in [0.15, 0.2) is 6.29 Å². The van der Waals surface area contributed by atoms with Crippen molar-refractivity contribution in [3.63, 3.8) is 0 Å². The normalized spacial score (nSPS) is 39.5. The Kier molecular flexibility index (Phi) is 12.5. The smallest absolute Gasteiger partial charge is 0.341 e. The molecule has 1 aliphatic carbocycles. The number of amides is 2. The van der Waals surface area contributed by atoms with E-state index in [2.05, 4.69) is 16.0 Å². The van der Waals surface area contributed by atoms with E-state index in [0.717, 1.165) is 0 Å². The Morgan fingerprint density at radius 3 is 2.66 bits per heavy atom. The molecule has 1 saturated heterocycles. The van der Waals surface area contributed by atoms with E-state index >= 15 is 0 Å². The van der Waals surface area contributed by atoms with Gasteiger partial charge in [0, 0.05) is 31.2 Å². The number of carbonyl (C=O) groups is 1. The van der Waals surface area contributed by atoms with E-state index in [4.69, 9.17) is 36.5 Å². The Bertz CT molecular complexity index is 869. The molecule has 2 amide bonds. The van der Waals surface area contributed by atoms with Gasteiger partial charge in [0.05, 0.1) is 37.9 Å². The maximum atomic E-state index is 12.7. The van der Waals surface area contributed by atoms with Crippen LogP contribution < -0.4 is 33.2 Å². The molecule has 0 radical (unpaired) electrons. The molecule has 11 atom stereocenters. The predicted octanol–water partition coefficient (Wildman–Crippen LogP) is -4.16. The minimum Gasteiger partial charge on any atom is -0.492 e. The van der Waals surface area contributed by atoms with Crippen LogP contribution >= 0.6 is 0 Å². The highest BCUT2D eigenvalue weighted by Gasteiger charge is 2.53. The SMILES string of the molecule is CN[C@@H]1[C@@H](O)[C@@H](O[C@H]2[C@H](NC(=O)N(O)CCN)C[C@H](N)C([C@H]3OC(CNCCCO)=CC[C@H]3N)[C@@H]2O)OC[C@]1(C)O. The molecule has 0 bridgehead atoms. The van der Waals surface area contributed by atoms with Crippen LogP contribution in [0.1, 0.15) is 26.2 Å². The van der Waals surface area contributed by atoms with E-state index in [0.29, 0.717) is 36.8 Å². The first-order chi connectivity index (χ1) is 19.4. The number of hydroxylamine groups is 2. The van der Waals surface area contributed by atoms with Gasteiger partial charge in [-0.15, -0.1) is 0 Å². The molecule has 0 aromatic rings. The lowest BCUT2D eigenvalue weighted by atomic mass is 9.72. The summed E-state index contributed by atoms with van der Waals surface area (Å²) in [5.74, 6) is -0.104. The Labute approximate surface area is 240 Å². The molecule has 238 valence electrons. The van der Waals surface area contributed by atoms with E-state index in [1.54, 1.807) is 7.05 Å². The number of nitrogens with two attached hydrogens (primary N) is 3. The molecule has 16 nitrogen and oxygen atoms in total. The topological polar surface area (TPSA) is 263 Å². The fraction of sp³-hybridized carbons (Fsp3) is 0.880. The molecule has 2 aliphatic heterocycles. The van der Waals surface area contributed by atoms with Crippen LogP contribution in [0.4, 0.5) is 4.79 Å². The Morgan fingerprint density at radius 1 is 1.27 bits per heavy atom. The molecule has 0 spiro atoms. The van der Waals surface area contributed by atoms with Crippen molar-refractivity contribution < 1.29 is 44.6 Å². The highest BCUT2D eigenvalue weighted by atomic mass is 16.7. The number of aliphatic hydroxyl groups is 4. The van der Waals surface area contributed by atoms with Crippen LogP contribution in [-0.4, -0.2) is 144 Å². The zero-order valence-electron chi connectivity index (χ0n) is 23.8. The van der Waals surface area contributed by atoms with Crippen molar-refractivity contribution in [1.82, 2.24) is 21.0 Å². The first-order valence-electron chi connectivity index (χ1n) is 14.1. The average molecular weight is 592 g/mol. The van der Waals surface area contributed by atoms with Crippen LogP contribution in [0.2, 0.25) is 0 Å². The number of ether oxygens (including phenoxy) is 3. The van der Waals surface area contributed by atoms with Crippen molar-refractivity contribution >= 4 is 6.03 Å². The van der Waals surface area contributed by atoms with Gasteiger partial charge in [0.2, 0.25) is 0 Å². The largest absolute Gasteiger partial charge is 0.492 e. The quantitative estimate of drug-likeness (QED) is 0.0584. The molecule has 2 fully saturated rings. The molecule has 2 heterocycles. The van der Waals surface area contributed by atoms with Crippen LogP contribution in [0.5, 0.6) is 0 Å². The minimum atomic E-state index is -1.39. The number of rotatable bonds is 12. The lowest BCUT2D eigenvalue weighted by Gasteiger charge is -2.50. The van der Waals surface area contributed by atoms with Crippen molar-refractivity contribution in [2.45, 2.75) is 86.7 Å². The standard InChI is InChI=1S/C25H49N7O9/c1-25(37)12-39-23(19(35)22(25)29-2)41-21-16(31-24(36)32(38)8-6-26)10-15(28)17(18(21)34)20-14(27)5-4-13(40-20)11-30-7-3-9-33/h4,14-23,29-30,33-35,37-38H,3,5-12,26-28H2,1-2H3,(H,31,36)/t14-,15+,16-,17?,18+,19-,20+,21+,22-,23-,25+/m1/s1. The van der Waals surface area contributed by atoms with Gasteiger partial charge in [-0.3, -0.25) is 5.21 Å². The number of urea groups is 1. The number of nitrogens with zero attached hydrogens (tertiary/aromatic N) is 1. The highest BCUT2D eigenvalue weighted by Crippen LogP contribution is 2.36. The number of hydrogen-bond acceptors (Lipinski definition) is 14. The second-order valence-corrected chi connectivity index (χ2v) is 11.2. The Hall–Kier alpha value is -1.67. The summed E-state index contributed by atoms with van der Waals surface area (Å²) >= 11 is 0. The lowest BCUT2D eigenvalue weighted by molar-refractivity contribution is -0.297.